The largest absolute Gasteiger partial charge is 0.497 e. The Bertz CT molecular complexity index is 1520. The van der Waals surface area contributed by atoms with Crippen molar-refractivity contribution in [3.05, 3.63) is 89.2 Å². The van der Waals surface area contributed by atoms with Gasteiger partial charge in [-0.3, -0.25) is 14.5 Å². The van der Waals surface area contributed by atoms with Gasteiger partial charge in [-0.2, -0.15) is 0 Å². The van der Waals surface area contributed by atoms with E-state index in [1.54, 1.807) is 31.4 Å². The first-order valence-corrected chi connectivity index (χ1v) is 13.2. The molecule has 1 aliphatic rings. The van der Waals surface area contributed by atoms with Gasteiger partial charge in [0.2, 0.25) is 0 Å². The van der Waals surface area contributed by atoms with Crippen LogP contribution in [-0.2, 0) is 13.1 Å². The topological polar surface area (TPSA) is 126 Å². The molecule has 4 aromatic rings. The average molecular weight is 540 g/mol. The van der Waals surface area contributed by atoms with Crippen LogP contribution >= 0.6 is 0 Å². The minimum absolute atomic E-state index is 0.207. The number of likely N-dealkylation sites (N-methyl/N-ethyl adjacent to an activating group) is 1. The molecule has 2 heterocycles. The third-order valence-corrected chi connectivity index (χ3v) is 7.06. The van der Waals surface area contributed by atoms with E-state index in [4.69, 9.17) is 10.5 Å². The van der Waals surface area contributed by atoms with Crippen molar-refractivity contribution < 1.29 is 14.3 Å². The van der Waals surface area contributed by atoms with E-state index in [0.717, 1.165) is 42.7 Å². The number of ether oxygens (including phenoxy) is 1. The maximum Gasteiger partial charge on any atom is 0.255 e. The second kappa shape index (κ2) is 12.1. The Morgan fingerprint density at radius 2 is 1.75 bits per heavy atom. The van der Waals surface area contributed by atoms with E-state index in [0.29, 0.717) is 47.0 Å². The highest BCUT2D eigenvalue weighted by molar-refractivity contribution is 6.07. The number of carbonyl (C=O) groups is 2. The number of hydrogen-bond donors (Lipinski definition) is 3. The zero-order chi connectivity index (χ0) is 28.1. The summed E-state index contributed by atoms with van der Waals surface area (Å²) < 4.78 is 5.16. The van der Waals surface area contributed by atoms with Gasteiger partial charge < -0.3 is 26.0 Å². The molecule has 40 heavy (non-hydrogen) atoms. The van der Waals surface area contributed by atoms with E-state index in [1.165, 1.54) is 6.33 Å². The Labute approximate surface area is 233 Å². The Kier molecular flexibility index (Phi) is 8.18. The highest BCUT2D eigenvalue weighted by Crippen LogP contribution is 2.26. The fourth-order valence-electron chi connectivity index (χ4n) is 4.80. The third-order valence-electron chi connectivity index (χ3n) is 7.06. The number of anilines is 2. The van der Waals surface area contributed by atoms with Crippen molar-refractivity contribution >= 4 is 34.2 Å². The third kappa shape index (κ3) is 6.36. The quantitative estimate of drug-likeness (QED) is 0.296. The second-order valence-corrected chi connectivity index (χ2v) is 9.94. The number of nitrogens with zero attached hydrogens (tertiary/aromatic N) is 4. The molecule has 0 saturated carbocycles. The summed E-state index contributed by atoms with van der Waals surface area (Å²) in [5.41, 5.74) is 9.81. The molecule has 0 spiro atoms. The molecular weight excluding hydrogens is 506 g/mol. The molecular formula is C30H33N7O3. The molecule has 0 radical (unpaired) electrons. The molecule has 10 nitrogen and oxygen atoms in total. The van der Waals surface area contributed by atoms with E-state index < -0.39 is 5.91 Å². The number of fused-ring (bicyclic) bond motifs is 1. The molecule has 1 fully saturated rings. The Balaban J connectivity index is 1.33. The fraction of sp³-hybridized carbons (Fsp3) is 0.267. The Hall–Kier alpha value is -4.54. The second-order valence-electron chi connectivity index (χ2n) is 9.94. The molecule has 5 rings (SSSR count). The number of aromatic nitrogens is 2. The van der Waals surface area contributed by atoms with Crippen molar-refractivity contribution in [3.63, 3.8) is 0 Å². The number of amides is 2. The van der Waals surface area contributed by atoms with E-state index in [2.05, 4.69) is 37.4 Å². The molecule has 0 atom stereocenters. The van der Waals surface area contributed by atoms with Crippen molar-refractivity contribution in [1.82, 2.24) is 19.8 Å². The normalized spacial score (nSPS) is 14.2. The lowest BCUT2D eigenvalue weighted by Crippen LogP contribution is -2.43. The minimum Gasteiger partial charge on any atom is -0.497 e. The lowest BCUT2D eigenvalue weighted by molar-refractivity contribution is 0.0998. The van der Waals surface area contributed by atoms with Crippen LogP contribution in [0.25, 0.3) is 10.9 Å². The molecule has 0 aliphatic carbocycles. The van der Waals surface area contributed by atoms with Crippen molar-refractivity contribution in [2.45, 2.75) is 13.1 Å². The molecule has 3 aromatic carbocycles. The fourth-order valence-corrected chi connectivity index (χ4v) is 4.80. The minimum atomic E-state index is -0.518. The van der Waals surface area contributed by atoms with Gasteiger partial charge in [0, 0.05) is 55.9 Å². The number of nitrogens with two attached hydrogens (primary N) is 1. The molecule has 4 N–H and O–H groups in total. The van der Waals surface area contributed by atoms with Crippen LogP contribution in [0.5, 0.6) is 5.75 Å². The molecule has 1 aliphatic heterocycles. The number of rotatable bonds is 9. The summed E-state index contributed by atoms with van der Waals surface area (Å²) in [7, 11) is 3.71. The molecule has 1 aromatic heterocycles. The van der Waals surface area contributed by atoms with Crippen LogP contribution in [0.3, 0.4) is 0 Å². The number of primary amides is 1. The van der Waals surface area contributed by atoms with Gasteiger partial charge in [0.1, 0.15) is 17.9 Å². The molecule has 0 bridgehead atoms. The lowest BCUT2D eigenvalue weighted by atomic mass is 10.0. The van der Waals surface area contributed by atoms with Crippen molar-refractivity contribution in [1.29, 1.82) is 0 Å². The van der Waals surface area contributed by atoms with Gasteiger partial charge in [0.25, 0.3) is 11.8 Å². The number of methoxy groups -OCH3 is 1. The molecule has 1 saturated heterocycles. The van der Waals surface area contributed by atoms with Gasteiger partial charge in [0.05, 0.1) is 18.2 Å². The number of hydrogen-bond acceptors (Lipinski definition) is 8. The van der Waals surface area contributed by atoms with E-state index in [-0.39, 0.29) is 5.91 Å². The first kappa shape index (κ1) is 27.0. The summed E-state index contributed by atoms with van der Waals surface area (Å²) in [5.74, 6) is 0.577. The van der Waals surface area contributed by atoms with Crippen LogP contribution < -0.4 is 21.1 Å². The number of piperazine rings is 1. The number of nitrogens with one attached hydrogen (secondary N) is 2. The van der Waals surface area contributed by atoms with Crippen LogP contribution in [0.15, 0.2) is 67.0 Å². The average Bonchev–Trinajstić information content (AvgIpc) is 2.97. The van der Waals surface area contributed by atoms with Crippen LogP contribution in [-0.4, -0.2) is 71.9 Å². The van der Waals surface area contributed by atoms with Gasteiger partial charge in [-0.25, -0.2) is 9.97 Å². The van der Waals surface area contributed by atoms with Gasteiger partial charge in [0.15, 0.2) is 0 Å². The summed E-state index contributed by atoms with van der Waals surface area (Å²) in [6.07, 6.45) is 1.43. The van der Waals surface area contributed by atoms with E-state index >= 15 is 0 Å². The van der Waals surface area contributed by atoms with Gasteiger partial charge in [-0.1, -0.05) is 12.1 Å². The summed E-state index contributed by atoms with van der Waals surface area (Å²) in [5, 5.41) is 7.06. The lowest BCUT2D eigenvalue weighted by Gasteiger charge is -2.32. The van der Waals surface area contributed by atoms with Crippen LogP contribution in [0.1, 0.15) is 31.8 Å². The molecule has 2 amide bonds. The van der Waals surface area contributed by atoms with Gasteiger partial charge in [-0.05, 0) is 66.7 Å². The van der Waals surface area contributed by atoms with Crippen LogP contribution in [0.4, 0.5) is 11.5 Å². The van der Waals surface area contributed by atoms with E-state index in [1.807, 2.05) is 36.4 Å². The molecule has 0 unspecified atom stereocenters. The number of benzene rings is 3. The van der Waals surface area contributed by atoms with Crippen LogP contribution in [0, 0.1) is 0 Å². The molecule has 206 valence electrons. The predicted octanol–water partition coefficient (Wildman–Crippen LogP) is 3.35. The monoisotopic (exact) mass is 539 g/mol. The van der Waals surface area contributed by atoms with Crippen molar-refractivity contribution in [2.24, 2.45) is 5.73 Å². The van der Waals surface area contributed by atoms with Crippen LogP contribution in [0.2, 0.25) is 0 Å². The zero-order valence-electron chi connectivity index (χ0n) is 22.7. The summed E-state index contributed by atoms with van der Waals surface area (Å²) in [6.45, 7) is 5.10. The Morgan fingerprint density at radius 3 is 2.48 bits per heavy atom. The highest BCUT2D eigenvalue weighted by Gasteiger charge is 2.18. The summed E-state index contributed by atoms with van der Waals surface area (Å²) >= 11 is 0. The SMILES string of the molecule is COc1ccc(C(=O)Nc2cccc(CNc3ncnc4c(C(N)=O)cc(CN5CCN(C)CC5)cc34)c2)cc1. The van der Waals surface area contributed by atoms with Gasteiger partial charge >= 0.3 is 0 Å². The zero-order valence-corrected chi connectivity index (χ0v) is 22.7. The molecule has 10 heteroatoms. The first-order valence-electron chi connectivity index (χ1n) is 13.2. The summed E-state index contributed by atoms with van der Waals surface area (Å²) in [6, 6.07) is 18.4. The maximum atomic E-state index is 12.7. The van der Waals surface area contributed by atoms with Crippen molar-refractivity contribution in [3.8, 4) is 5.75 Å². The highest BCUT2D eigenvalue weighted by atomic mass is 16.5. The standard InChI is InChI=1S/C30H33N7O3/c1-36-10-12-37(13-11-36)18-21-15-25(28(31)38)27-26(16-21)29(34-19-33-27)32-17-20-4-3-5-23(14-20)35-30(39)22-6-8-24(40-2)9-7-22/h3-9,14-16,19H,10-13,17-18H2,1-2H3,(H2,31,38)(H,35,39)(H,32,33,34). The Morgan fingerprint density at radius 1 is 0.975 bits per heavy atom. The first-order chi connectivity index (χ1) is 19.4. The predicted molar refractivity (Wildman–Crippen MR) is 156 cm³/mol. The maximum absolute atomic E-state index is 12.7. The smallest absolute Gasteiger partial charge is 0.255 e. The van der Waals surface area contributed by atoms with Gasteiger partial charge in [-0.15, -0.1) is 0 Å². The summed E-state index contributed by atoms with van der Waals surface area (Å²) in [4.78, 5) is 38.6. The van der Waals surface area contributed by atoms with E-state index in [9.17, 15) is 9.59 Å². The number of carbonyl (C=O) groups excluding carboxylic acids is 2. The van der Waals surface area contributed by atoms with Crippen molar-refractivity contribution in [2.75, 3.05) is 51.0 Å².